The average molecular weight is 438 g/mol. The molecule has 0 spiro atoms. The Balaban J connectivity index is 1.33. The lowest BCUT2D eigenvalue weighted by molar-refractivity contribution is 0.0747. The Hall–Kier alpha value is -2.31. The molecule has 2 heterocycles. The highest BCUT2D eigenvalue weighted by molar-refractivity contribution is 8.00. The van der Waals surface area contributed by atoms with Gasteiger partial charge in [-0.25, -0.2) is 4.98 Å². The second-order valence-electron chi connectivity index (χ2n) is 7.74. The molecular weight excluding hydrogens is 410 g/mol. The first kappa shape index (κ1) is 20.9. The van der Waals surface area contributed by atoms with E-state index in [2.05, 4.69) is 59.4 Å². The minimum atomic E-state index is 0.130. The van der Waals surface area contributed by atoms with Crippen molar-refractivity contribution in [2.75, 3.05) is 31.1 Å². The van der Waals surface area contributed by atoms with E-state index in [0.717, 1.165) is 47.5 Å². The third-order valence-electron chi connectivity index (χ3n) is 5.64. The van der Waals surface area contributed by atoms with Crippen LogP contribution in [0.25, 0.3) is 0 Å². The first-order chi connectivity index (χ1) is 14.5. The van der Waals surface area contributed by atoms with Crippen molar-refractivity contribution in [2.45, 2.75) is 30.9 Å². The summed E-state index contributed by atoms with van der Waals surface area (Å²) in [5, 5.41) is 2.07. The average Bonchev–Trinajstić information content (AvgIpc) is 3.19. The molecule has 0 saturated carbocycles. The maximum absolute atomic E-state index is 13.0. The van der Waals surface area contributed by atoms with Gasteiger partial charge in [0, 0.05) is 54.3 Å². The summed E-state index contributed by atoms with van der Waals surface area (Å²) in [4.78, 5) is 21.8. The highest BCUT2D eigenvalue weighted by Gasteiger charge is 2.23. The van der Waals surface area contributed by atoms with Crippen molar-refractivity contribution in [2.24, 2.45) is 0 Å². The van der Waals surface area contributed by atoms with Gasteiger partial charge in [-0.2, -0.15) is 0 Å². The number of carbonyl (C=O) groups excluding carboxylic acids is 1. The summed E-state index contributed by atoms with van der Waals surface area (Å²) in [7, 11) is 0. The van der Waals surface area contributed by atoms with Gasteiger partial charge < -0.3 is 9.80 Å². The number of hydrogen-bond donors (Lipinski definition) is 0. The third-order valence-corrected chi connectivity index (χ3v) is 7.85. The topological polar surface area (TPSA) is 36.4 Å². The van der Waals surface area contributed by atoms with Gasteiger partial charge in [0.1, 0.15) is 4.34 Å². The molecule has 0 N–H and O–H groups in total. The Labute approximate surface area is 186 Å². The van der Waals surface area contributed by atoms with E-state index in [9.17, 15) is 4.79 Å². The number of carbonyl (C=O) groups is 1. The molecular formula is C24H27N3OS2. The monoisotopic (exact) mass is 437 g/mol. The molecule has 0 aliphatic carbocycles. The van der Waals surface area contributed by atoms with Crippen LogP contribution in [-0.2, 0) is 5.75 Å². The molecule has 3 aromatic rings. The summed E-state index contributed by atoms with van der Waals surface area (Å²) >= 11 is 3.43. The molecule has 4 rings (SSSR count). The van der Waals surface area contributed by atoms with Crippen molar-refractivity contribution in [1.82, 2.24) is 9.88 Å². The van der Waals surface area contributed by atoms with Crippen LogP contribution in [-0.4, -0.2) is 42.0 Å². The second-order valence-corrected chi connectivity index (χ2v) is 9.82. The minimum Gasteiger partial charge on any atom is -0.368 e. The number of amides is 1. The Bertz CT molecular complexity index is 1020. The van der Waals surface area contributed by atoms with Crippen molar-refractivity contribution < 1.29 is 4.79 Å². The maximum Gasteiger partial charge on any atom is 0.253 e. The van der Waals surface area contributed by atoms with Gasteiger partial charge in [-0.05, 0) is 55.7 Å². The van der Waals surface area contributed by atoms with Crippen molar-refractivity contribution in [3.63, 3.8) is 0 Å². The molecule has 0 radical (unpaired) electrons. The molecule has 0 unspecified atom stereocenters. The van der Waals surface area contributed by atoms with E-state index < -0.39 is 0 Å². The van der Waals surface area contributed by atoms with Crippen molar-refractivity contribution in [1.29, 1.82) is 0 Å². The van der Waals surface area contributed by atoms with Gasteiger partial charge in [-0.15, -0.1) is 11.3 Å². The standard InChI is InChI=1S/C24H27N3OS2/c1-17-5-4-6-22(19(17)3)26-11-13-27(14-12-26)23(28)21-9-7-20(8-10-21)16-30-24-25-18(2)15-29-24/h4-10,15H,11-14,16H2,1-3H3. The van der Waals surface area contributed by atoms with Crippen LogP contribution in [0.3, 0.4) is 0 Å². The molecule has 1 aliphatic heterocycles. The number of hydrogen-bond acceptors (Lipinski definition) is 5. The number of thioether (sulfide) groups is 1. The van der Waals surface area contributed by atoms with Crippen LogP contribution in [0, 0.1) is 20.8 Å². The summed E-state index contributed by atoms with van der Waals surface area (Å²) in [6.45, 7) is 9.61. The van der Waals surface area contributed by atoms with Crippen LogP contribution >= 0.6 is 23.1 Å². The predicted molar refractivity (Wildman–Crippen MR) is 127 cm³/mol. The Morgan fingerprint density at radius 1 is 1.03 bits per heavy atom. The van der Waals surface area contributed by atoms with Gasteiger partial charge in [0.25, 0.3) is 5.91 Å². The van der Waals surface area contributed by atoms with Crippen molar-refractivity contribution in [3.05, 3.63) is 75.8 Å². The van der Waals surface area contributed by atoms with Crippen molar-refractivity contribution >= 4 is 34.7 Å². The van der Waals surface area contributed by atoms with E-state index in [1.54, 1.807) is 23.1 Å². The number of aromatic nitrogens is 1. The van der Waals surface area contributed by atoms with Gasteiger partial charge in [0.15, 0.2) is 0 Å². The highest BCUT2D eigenvalue weighted by Crippen LogP contribution is 2.27. The molecule has 30 heavy (non-hydrogen) atoms. The number of rotatable bonds is 5. The van der Waals surface area contributed by atoms with Crippen LogP contribution in [0.15, 0.2) is 52.2 Å². The Kier molecular flexibility index (Phi) is 6.44. The number of benzene rings is 2. The third kappa shape index (κ3) is 4.71. The Morgan fingerprint density at radius 3 is 2.43 bits per heavy atom. The van der Waals surface area contributed by atoms with Gasteiger partial charge >= 0.3 is 0 Å². The lowest BCUT2D eigenvalue weighted by Gasteiger charge is -2.37. The fraction of sp³-hybridized carbons (Fsp3) is 0.333. The molecule has 1 amide bonds. The number of anilines is 1. The number of piperazine rings is 1. The van der Waals surface area contributed by atoms with Gasteiger partial charge in [0.05, 0.1) is 0 Å². The molecule has 1 aromatic heterocycles. The van der Waals surface area contributed by atoms with Gasteiger partial charge in [-0.1, -0.05) is 36.0 Å². The lowest BCUT2D eigenvalue weighted by atomic mass is 10.1. The summed E-state index contributed by atoms with van der Waals surface area (Å²) in [6.07, 6.45) is 0. The summed E-state index contributed by atoms with van der Waals surface area (Å²) in [6, 6.07) is 14.5. The lowest BCUT2D eigenvalue weighted by Crippen LogP contribution is -2.49. The SMILES string of the molecule is Cc1csc(SCc2ccc(C(=O)N3CCN(c4cccc(C)c4C)CC3)cc2)n1. The minimum absolute atomic E-state index is 0.130. The molecule has 4 nitrogen and oxygen atoms in total. The van der Waals surface area contributed by atoms with Crippen LogP contribution < -0.4 is 4.90 Å². The molecule has 1 aliphatic rings. The van der Waals surface area contributed by atoms with Crippen LogP contribution in [0.5, 0.6) is 0 Å². The van der Waals surface area contributed by atoms with Crippen molar-refractivity contribution in [3.8, 4) is 0 Å². The summed E-state index contributed by atoms with van der Waals surface area (Å²) < 4.78 is 1.09. The largest absolute Gasteiger partial charge is 0.368 e. The molecule has 0 atom stereocenters. The molecule has 2 aromatic carbocycles. The van der Waals surface area contributed by atoms with Crippen LogP contribution in [0.2, 0.25) is 0 Å². The summed E-state index contributed by atoms with van der Waals surface area (Å²) in [5.74, 6) is 1.00. The number of thiazole rings is 1. The first-order valence-electron chi connectivity index (χ1n) is 10.3. The van der Waals surface area contributed by atoms with E-state index in [-0.39, 0.29) is 5.91 Å². The maximum atomic E-state index is 13.0. The van der Waals surface area contributed by atoms with Gasteiger partial charge in [-0.3, -0.25) is 4.79 Å². The molecule has 1 saturated heterocycles. The smallest absolute Gasteiger partial charge is 0.253 e. The fourth-order valence-electron chi connectivity index (χ4n) is 3.70. The number of aryl methyl sites for hydroxylation is 2. The fourth-order valence-corrected chi connectivity index (χ4v) is 5.50. The molecule has 0 bridgehead atoms. The van der Waals surface area contributed by atoms with E-state index in [1.807, 2.05) is 24.0 Å². The van der Waals surface area contributed by atoms with E-state index >= 15 is 0 Å². The van der Waals surface area contributed by atoms with E-state index in [4.69, 9.17) is 0 Å². The molecule has 156 valence electrons. The van der Waals surface area contributed by atoms with Gasteiger partial charge in [0.2, 0.25) is 0 Å². The predicted octanol–water partition coefficient (Wildman–Crippen LogP) is 5.32. The second kappa shape index (κ2) is 9.23. The highest BCUT2D eigenvalue weighted by atomic mass is 32.2. The zero-order valence-corrected chi connectivity index (χ0v) is 19.4. The molecule has 6 heteroatoms. The summed E-state index contributed by atoms with van der Waals surface area (Å²) in [5.41, 5.74) is 6.99. The van der Waals surface area contributed by atoms with E-state index in [1.165, 1.54) is 22.4 Å². The quantitative estimate of drug-likeness (QED) is 0.506. The first-order valence-corrected chi connectivity index (χ1v) is 12.1. The van der Waals surface area contributed by atoms with E-state index in [0.29, 0.717) is 0 Å². The van der Waals surface area contributed by atoms with Crippen LogP contribution in [0.4, 0.5) is 5.69 Å². The number of nitrogens with zero attached hydrogens (tertiary/aromatic N) is 3. The zero-order valence-electron chi connectivity index (χ0n) is 17.7. The zero-order chi connectivity index (χ0) is 21.1. The normalized spacial score (nSPS) is 14.2. The molecule has 1 fully saturated rings. The Morgan fingerprint density at radius 2 is 1.77 bits per heavy atom. The van der Waals surface area contributed by atoms with Crippen LogP contribution in [0.1, 0.15) is 32.7 Å².